The fourth-order valence-electron chi connectivity index (χ4n) is 2.60. The van der Waals surface area contributed by atoms with Crippen molar-refractivity contribution in [3.05, 3.63) is 36.0 Å². The molecule has 1 amide bonds. The number of aromatic nitrogens is 1. The molecule has 4 N–H and O–H groups in total. The average Bonchev–Trinajstić information content (AvgIpc) is 2.92. The lowest BCUT2D eigenvalue weighted by atomic mass is 10.00. The molecule has 0 spiro atoms. The van der Waals surface area contributed by atoms with Crippen LogP contribution < -0.4 is 16.6 Å². The average molecular weight is 286 g/mol. The van der Waals surface area contributed by atoms with Crippen LogP contribution in [0.5, 0.6) is 0 Å². The molecule has 1 aliphatic heterocycles. The van der Waals surface area contributed by atoms with Crippen LogP contribution in [-0.4, -0.2) is 29.6 Å². The number of nitrogens with zero attached hydrogens (tertiary/aromatic N) is 1. The minimum atomic E-state index is -0.316. The highest BCUT2D eigenvalue weighted by Crippen LogP contribution is 2.25. The Kier molecular flexibility index (Phi) is 3.48. The molecular formula is C15H18N4O2. The van der Waals surface area contributed by atoms with Gasteiger partial charge in [-0.05, 0) is 18.7 Å². The van der Waals surface area contributed by atoms with Crippen LogP contribution in [0.3, 0.4) is 0 Å². The number of hydrogen-bond donors (Lipinski definition) is 3. The number of pyridine rings is 1. The van der Waals surface area contributed by atoms with E-state index in [4.69, 9.17) is 10.6 Å². The molecule has 3 rings (SSSR count). The lowest BCUT2D eigenvalue weighted by Gasteiger charge is -2.24. The molecule has 110 valence electrons. The van der Waals surface area contributed by atoms with E-state index in [1.54, 1.807) is 6.20 Å². The Bertz CT molecular complexity index is 680. The van der Waals surface area contributed by atoms with E-state index in [1.807, 2.05) is 31.2 Å². The van der Waals surface area contributed by atoms with Gasteiger partial charge in [0.2, 0.25) is 0 Å². The maximum absolute atomic E-state index is 12.6. The minimum Gasteiger partial charge on any atom is -0.379 e. The Balaban J connectivity index is 1.98. The first kappa shape index (κ1) is 13.8. The van der Waals surface area contributed by atoms with Crippen molar-refractivity contribution >= 4 is 22.5 Å². The second-order valence-electron chi connectivity index (χ2n) is 5.53. The predicted octanol–water partition coefficient (Wildman–Crippen LogP) is 1.43. The van der Waals surface area contributed by atoms with Gasteiger partial charge < -0.3 is 15.5 Å². The summed E-state index contributed by atoms with van der Waals surface area (Å²) in [6.07, 6.45) is 2.36. The van der Waals surface area contributed by atoms with Gasteiger partial charge in [0.05, 0.1) is 17.7 Å². The van der Waals surface area contributed by atoms with Crippen molar-refractivity contribution in [1.82, 2.24) is 10.3 Å². The summed E-state index contributed by atoms with van der Waals surface area (Å²) in [6, 6.07) is 7.55. The van der Waals surface area contributed by atoms with Crippen molar-refractivity contribution in [3.63, 3.8) is 0 Å². The number of amides is 1. The number of nitrogens with two attached hydrogens (primary N) is 1. The van der Waals surface area contributed by atoms with Crippen LogP contribution in [0.2, 0.25) is 0 Å². The van der Waals surface area contributed by atoms with Crippen molar-refractivity contribution in [3.8, 4) is 0 Å². The van der Waals surface area contributed by atoms with E-state index in [0.717, 1.165) is 17.2 Å². The summed E-state index contributed by atoms with van der Waals surface area (Å²) in [5.74, 6) is 5.88. The molecule has 1 fully saturated rings. The molecule has 0 bridgehead atoms. The number of rotatable bonds is 3. The predicted molar refractivity (Wildman–Crippen MR) is 80.9 cm³/mol. The van der Waals surface area contributed by atoms with Gasteiger partial charge in [-0.15, -0.1) is 0 Å². The molecule has 0 saturated carbocycles. The summed E-state index contributed by atoms with van der Waals surface area (Å²) in [6.45, 7) is 3.20. The van der Waals surface area contributed by atoms with Gasteiger partial charge in [-0.3, -0.25) is 4.79 Å². The highest BCUT2D eigenvalue weighted by atomic mass is 16.5. The zero-order valence-corrected chi connectivity index (χ0v) is 11.8. The topological polar surface area (TPSA) is 89.3 Å². The summed E-state index contributed by atoms with van der Waals surface area (Å²) in [7, 11) is 0. The third kappa shape index (κ3) is 2.55. The summed E-state index contributed by atoms with van der Waals surface area (Å²) in [5, 5.41) is 4.69. The van der Waals surface area contributed by atoms with Gasteiger partial charge in [0.25, 0.3) is 5.91 Å². The molecule has 0 radical (unpaired) electrons. The molecule has 6 heteroatoms. The van der Waals surface area contributed by atoms with E-state index in [0.29, 0.717) is 24.6 Å². The number of carbonyl (C=O) groups excluding carboxylic acids is 1. The molecule has 21 heavy (non-hydrogen) atoms. The Labute approximate surface area is 122 Å². The smallest absolute Gasteiger partial charge is 0.253 e. The van der Waals surface area contributed by atoms with Crippen LogP contribution in [0.1, 0.15) is 23.7 Å². The molecule has 1 atom stereocenters. The number of nitrogens with one attached hydrogen (secondary N) is 2. The molecule has 2 aromatic rings. The quantitative estimate of drug-likeness (QED) is 0.586. The maximum atomic E-state index is 12.6. The Morgan fingerprint density at radius 2 is 2.14 bits per heavy atom. The number of benzene rings is 1. The number of fused-ring (bicyclic) bond motifs is 1. The lowest BCUT2D eigenvalue weighted by Crippen LogP contribution is -2.46. The van der Waals surface area contributed by atoms with Gasteiger partial charge in [0, 0.05) is 18.2 Å². The van der Waals surface area contributed by atoms with Crippen molar-refractivity contribution in [2.24, 2.45) is 5.84 Å². The normalized spacial score (nSPS) is 21.4. The number of anilines is 1. The Morgan fingerprint density at radius 3 is 2.81 bits per heavy atom. The number of carbonyl (C=O) groups is 1. The van der Waals surface area contributed by atoms with Crippen molar-refractivity contribution in [1.29, 1.82) is 0 Å². The first-order valence-electron chi connectivity index (χ1n) is 6.88. The van der Waals surface area contributed by atoms with Crippen LogP contribution >= 0.6 is 0 Å². The molecule has 1 aromatic carbocycles. The molecule has 1 aliphatic rings. The first-order chi connectivity index (χ1) is 10.1. The lowest BCUT2D eigenvalue weighted by molar-refractivity contribution is 0.0891. The number of hydrazine groups is 1. The maximum Gasteiger partial charge on any atom is 0.253 e. The summed E-state index contributed by atoms with van der Waals surface area (Å²) in [4.78, 5) is 16.8. The van der Waals surface area contributed by atoms with E-state index < -0.39 is 0 Å². The molecule has 0 aliphatic carbocycles. The van der Waals surface area contributed by atoms with E-state index in [9.17, 15) is 4.79 Å². The van der Waals surface area contributed by atoms with Crippen LogP contribution in [0.15, 0.2) is 30.5 Å². The van der Waals surface area contributed by atoms with E-state index >= 15 is 0 Å². The van der Waals surface area contributed by atoms with E-state index in [2.05, 4.69) is 15.7 Å². The van der Waals surface area contributed by atoms with Crippen LogP contribution in [0, 0.1) is 0 Å². The Morgan fingerprint density at radius 1 is 1.38 bits per heavy atom. The second-order valence-corrected chi connectivity index (χ2v) is 5.53. The van der Waals surface area contributed by atoms with Crippen molar-refractivity contribution < 1.29 is 9.53 Å². The van der Waals surface area contributed by atoms with Crippen LogP contribution in [0.25, 0.3) is 10.8 Å². The second kappa shape index (κ2) is 5.31. The van der Waals surface area contributed by atoms with E-state index in [-0.39, 0.29) is 11.4 Å². The molecule has 6 nitrogen and oxygen atoms in total. The molecule has 1 aromatic heterocycles. The van der Waals surface area contributed by atoms with Crippen molar-refractivity contribution in [2.75, 3.05) is 18.6 Å². The highest BCUT2D eigenvalue weighted by Gasteiger charge is 2.32. The van der Waals surface area contributed by atoms with Gasteiger partial charge >= 0.3 is 0 Å². The van der Waals surface area contributed by atoms with Gasteiger partial charge in [-0.25, -0.2) is 10.8 Å². The number of ether oxygens (including phenoxy) is 1. The monoisotopic (exact) mass is 286 g/mol. The van der Waals surface area contributed by atoms with Crippen molar-refractivity contribution in [2.45, 2.75) is 18.9 Å². The molecular weight excluding hydrogens is 268 g/mol. The standard InChI is InChI=1S/C15H18N4O2/c1-15(6-7-21-9-15)18-14(20)12-8-17-13(19-16)11-5-3-2-4-10(11)12/h2-5,8H,6-7,9,16H2,1H3,(H,17,19)(H,18,20). The van der Waals surface area contributed by atoms with Gasteiger partial charge in [0.1, 0.15) is 5.82 Å². The zero-order valence-electron chi connectivity index (χ0n) is 11.8. The van der Waals surface area contributed by atoms with E-state index in [1.165, 1.54) is 0 Å². The van der Waals surface area contributed by atoms with Crippen LogP contribution in [0.4, 0.5) is 5.82 Å². The Hall–Kier alpha value is -2.18. The zero-order chi connectivity index (χ0) is 14.9. The number of hydrogen-bond acceptors (Lipinski definition) is 5. The largest absolute Gasteiger partial charge is 0.379 e. The minimum absolute atomic E-state index is 0.143. The molecule has 2 heterocycles. The molecule has 1 unspecified atom stereocenters. The van der Waals surface area contributed by atoms with Gasteiger partial charge in [-0.2, -0.15) is 0 Å². The van der Waals surface area contributed by atoms with Crippen LogP contribution in [-0.2, 0) is 4.74 Å². The summed E-state index contributed by atoms with van der Waals surface area (Å²) < 4.78 is 5.36. The highest BCUT2D eigenvalue weighted by molar-refractivity contribution is 6.09. The summed E-state index contributed by atoms with van der Waals surface area (Å²) >= 11 is 0. The fraction of sp³-hybridized carbons (Fsp3) is 0.333. The summed E-state index contributed by atoms with van der Waals surface area (Å²) in [5.41, 5.74) is 2.78. The first-order valence-corrected chi connectivity index (χ1v) is 6.88. The SMILES string of the molecule is CC1(NC(=O)c2cnc(NN)c3ccccc23)CCOC1. The molecule has 1 saturated heterocycles. The third-order valence-electron chi connectivity index (χ3n) is 3.81. The fourth-order valence-corrected chi connectivity index (χ4v) is 2.60. The number of nitrogen functional groups attached to an aromatic ring is 1. The third-order valence-corrected chi connectivity index (χ3v) is 3.81. The van der Waals surface area contributed by atoms with Gasteiger partial charge in [0.15, 0.2) is 0 Å². The van der Waals surface area contributed by atoms with Gasteiger partial charge in [-0.1, -0.05) is 24.3 Å².